The number of hydrogen-bond donors (Lipinski definition) is 1. The van der Waals surface area contributed by atoms with Crippen LogP contribution in [0.5, 0.6) is 5.75 Å². The van der Waals surface area contributed by atoms with Gasteiger partial charge in [0.15, 0.2) is 0 Å². The van der Waals surface area contributed by atoms with Gasteiger partial charge >= 0.3 is 0 Å². The van der Waals surface area contributed by atoms with E-state index in [1.54, 1.807) is 18.2 Å². The molecule has 2 N–H and O–H groups in total. The molecule has 2 aromatic rings. The van der Waals surface area contributed by atoms with Crippen molar-refractivity contribution in [3.8, 4) is 5.75 Å². The first kappa shape index (κ1) is 12.6. The average molecular weight is 270 g/mol. The van der Waals surface area contributed by atoms with Crippen molar-refractivity contribution < 1.29 is 13.5 Å². The third-order valence-corrected chi connectivity index (χ3v) is 2.57. The minimum atomic E-state index is -0.691. The van der Waals surface area contributed by atoms with Crippen molar-refractivity contribution in [3.63, 3.8) is 0 Å². The highest BCUT2D eigenvalue weighted by molar-refractivity contribution is 6.30. The maximum absolute atomic E-state index is 12.9. The van der Waals surface area contributed by atoms with Crippen LogP contribution in [0.15, 0.2) is 36.4 Å². The minimum Gasteiger partial charge on any atom is -0.489 e. The van der Waals surface area contributed by atoms with E-state index in [2.05, 4.69) is 0 Å². The van der Waals surface area contributed by atoms with E-state index >= 15 is 0 Å². The van der Waals surface area contributed by atoms with Crippen LogP contribution in [-0.2, 0) is 6.61 Å². The molecular weight excluding hydrogens is 260 g/mol. The van der Waals surface area contributed by atoms with Crippen molar-refractivity contribution in [2.24, 2.45) is 0 Å². The van der Waals surface area contributed by atoms with Gasteiger partial charge < -0.3 is 10.5 Å². The molecule has 0 fully saturated rings. The van der Waals surface area contributed by atoms with Gasteiger partial charge in [0.1, 0.15) is 24.0 Å². The molecule has 0 aliphatic rings. The summed E-state index contributed by atoms with van der Waals surface area (Å²) >= 11 is 5.82. The van der Waals surface area contributed by atoms with Crippen molar-refractivity contribution >= 4 is 17.3 Å². The highest BCUT2D eigenvalue weighted by Gasteiger charge is 2.04. The lowest BCUT2D eigenvalue weighted by Gasteiger charge is -2.09. The number of nitrogens with two attached hydrogens (primary N) is 1. The Kier molecular flexibility index (Phi) is 3.67. The molecule has 0 atom stereocenters. The zero-order valence-corrected chi connectivity index (χ0v) is 10.0. The molecule has 0 unspecified atom stereocenters. The molecule has 0 saturated heterocycles. The van der Waals surface area contributed by atoms with E-state index in [0.717, 1.165) is 18.2 Å². The summed E-state index contributed by atoms with van der Waals surface area (Å²) in [6, 6.07) is 7.93. The number of anilines is 1. The number of nitrogen functional groups attached to an aromatic ring is 1. The SMILES string of the molecule is Nc1ccc(Cl)cc1COc1cc(F)cc(F)c1. The van der Waals surface area contributed by atoms with Crippen LogP contribution in [0.3, 0.4) is 0 Å². The van der Waals surface area contributed by atoms with Gasteiger partial charge in [-0.15, -0.1) is 0 Å². The van der Waals surface area contributed by atoms with Gasteiger partial charge in [-0.1, -0.05) is 11.6 Å². The maximum Gasteiger partial charge on any atom is 0.129 e. The summed E-state index contributed by atoms with van der Waals surface area (Å²) in [5.74, 6) is -1.28. The first-order chi connectivity index (χ1) is 8.54. The molecule has 0 radical (unpaired) electrons. The van der Waals surface area contributed by atoms with E-state index in [0.29, 0.717) is 16.3 Å². The largest absolute Gasteiger partial charge is 0.489 e. The van der Waals surface area contributed by atoms with Gasteiger partial charge in [-0.25, -0.2) is 8.78 Å². The predicted octanol–water partition coefficient (Wildman–Crippen LogP) is 3.78. The van der Waals surface area contributed by atoms with Gasteiger partial charge in [0.05, 0.1) is 0 Å². The topological polar surface area (TPSA) is 35.2 Å². The molecule has 0 heterocycles. The molecular formula is C13H10ClF2NO. The van der Waals surface area contributed by atoms with Crippen LogP contribution in [0.1, 0.15) is 5.56 Å². The van der Waals surface area contributed by atoms with Crippen LogP contribution >= 0.6 is 11.6 Å². The maximum atomic E-state index is 12.9. The average Bonchev–Trinajstić information content (AvgIpc) is 2.29. The van der Waals surface area contributed by atoms with Gasteiger partial charge in [-0.3, -0.25) is 0 Å². The summed E-state index contributed by atoms with van der Waals surface area (Å²) in [5, 5.41) is 0.522. The van der Waals surface area contributed by atoms with E-state index in [4.69, 9.17) is 22.1 Å². The van der Waals surface area contributed by atoms with Gasteiger partial charge in [-0.2, -0.15) is 0 Å². The standard InChI is InChI=1S/C13H10ClF2NO/c14-9-1-2-13(17)8(3-9)7-18-12-5-10(15)4-11(16)6-12/h1-6H,7,17H2. The van der Waals surface area contributed by atoms with E-state index in [9.17, 15) is 8.78 Å². The summed E-state index contributed by atoms with van der Waals surface area (Å²) in [6.07, 6.45) is 0. The molecule has 0 aromatic heterocycles. The zero-order valence-electron chi connectivity index (χ0n) is 9.29. The highest BCUT2D eigenvalue weighted by atomic mass is 35.5. The Bertz CT molecular complexity index is 555. The normalized spacial score (nSPS) is 10.4. The van der Waals surface area contributed by atoms with Crippen LogP contribution in [-0.4, -0.2) is 0 Å². The number of rotatable bonds is 3. The van der Waals surface area contributed by atoms with Crippen molar-refractivity contribution in [2.45, 2.75) is 6.61 Å². The van der Waals surface area contributed by atoms with Crippen molar-refractivity contribution in [3.05, 3.63) is 58.6 Å². The second kappa shape index (κ2) is 5.23. The fourth-order valence-corrected chi connectivity index (χ4v) is 1.67. The van der Waals surface area contributed by atoms with Crippen LogP contribution in [0.4, 0.5) is 14.5 Å². The predicted molar refractivity (Wildman–Crippen MR) is 66.6 cm³/mol. The summed E-state index contributed by atoms with van der Waals surface area (Å²) in [5.41, 5.74) is 6.90. The Morgan fingerprint density at radius 2 is 1.72 bits per heavy atom. The summed E-state index contributed by atoms with van der Waals surface area (Å²) < 4.78 is 31.1. The van der Waals surface area contributed by atoms with Crippen LogP contribution in [0, 0.1) is 11.6 Å². The van der Waals surface area contributed by atoms with E-state index < -0.39 is 11.6 Å². The third kappa shape index (κ3) is 3.11. The van der Waals surface area contributed by atoms with Gasteiger partial charge in [0, 0.05) is 34.5 Å². The molecule has 0 amide bonds. The van der Waals surface area contributed by atoms with Crippen molar-refractivity contribution in [1.82, 2.24) is 0 Å². The summed E-state index contributed by atoms with van der Waals surface area (Å²) in [6.45, 7) is 0.0925. The molecule has 2 aromatic carbocycles. The number of halogens is 3. The Labute approximate surface area is 108 Å². The number of ether oxygens (including phenoxy) is 1. The number of hydrogen-bond acceptors (Lipinski definition) is 2. The lowest BCUT2D eigenvalue weighted by Crippen LogP contribution is -2.00. The molecule has 18 heavy (non-hydrogen) atoms. The monoisotopic (exact) mass is 269 g/mol. The van der Waals surface area contributed by atoms with Crippen LogP contribution in [0.25, 0.3) is 0 Å². The Morgan fingerprint density at radius 3 is 2.39 bits per heavy atom. The summed E-state index contributed by atoms with van der Waals surface area (Å²) in [7, 11) is 0. The van der Waals surface area contributed by atoms with Crippen molar-refractivity contribution in [2.75, 3.05) is 5.73 Å². The molecule has 0 saturated carbocycles. The van der Waals surface area contributed by atoms with Crippen LogP contribution in [0.2, 0.25) is 5.02 Å². The van der Waals surface area contributed by atoms with Crippen molar-refractivity contribution in [1.29, 1.82) is 0 Å². The molecule has 0 bridgehead atoms. The molecule has 5 heteroatoms. The Morgan fingerprint density at radius 1 is 1.06 bits per heavy atom. The first-order valence-corrected chi connectivity index (χ1v) is 5.55. The second-order valence-corrected chi connectivity index (χ2v) is 4.17. The molecule has 2 rings (SSSR count). The van der Waals surface area contributed by atoms with Gasteiger partial charge in [-0.05, 0) is 18.2 Å². The van der Waals surface area contributed by atoms with Crippen LogP contribution < -0.4 is 10.5 Å². The second-order valence-electron chi connectivity index (χ2n) is 3.74. The van der Waals surface area contributed by atoms with E-state index in [1.807, 2.05) is 0 Å². The number of benzene rings is 2. The van der Waals surface area contributed by atoms with E-state index in [1.165, 1.54) is 0 Å². The minimum absolute atomic E-state index is 0.0925. The Hall–Kier alpha value is -1.81. The lowest BCUT2D eigenvalue weighted by molar-refractivity contribution is 0.303. The lowest BCUT2D eigenvalue weighted by atomic mass is 10.2. The summed E-state index contributed by atoms with van der Waals surface area (Å²) in [4.78, 5) is 0. The smallest absolute Gasteiger partial charge is 0.129 e. The van der Waals surface area contributed by atoms with Gasteiger partial charge in [0.2, 0.25) is 0 Å². The molecule has 2 nitrogen and oxygen atoms in total. The zero-order chi connectivity index (χ0) is 13.1. The van der Waals surface area contributed by atoms with E-state index in [-0.39, 0.29) is 12.4 Å². The highest BCUT2D eigenvalue weighted by Crippen LogP contribution is 2.21. The molecule has 0 aliphatic carbocycles. The Balaban J connectivity index is 2.13. The van der Waals surface area contributed by atoms with Gasteiger partial charge in [0.25, 0.3) is 0 Å². The third-order valence-electron chi connectivity index (χ3n) is 2.34. The fourth-order valence-electron chi connectivity index (χ4n) is 1.47. The molecule has 0 aliphatic heterocycles. The fraction of sp³-hybridized carbons (Fsp3) is 0.0769. The quantitative estimate of drug-likeness (QED) is 0.861. The first-order valence-electron chi connectivity index (χ1n) is 5.17. The molecule has 94 valence electrons. The molecule has 0 spiro atoms.